The lowest BCUT2D eigenvalue weighted by Gasteiger charge is -2.48. The Morgan fingerprint density at radius 1 is 0.314 bits per heavy atom. The number of carbonyl (C=O) groups is 1. The van der Waals surface area contributed by atoms with E-state index in [1.54, 1.807) is 6.08 Å². The largest absolute Gasteiger partial charge is 0.394 e. The summed E-state index contributed by atoms with van der Waals surface area (Å²) in [5, 5.41) is 121. The maximum Gasteiger partial charge on any atom is 0.220 e. The molecule has 3 saturated heterocycles. The molecule has 118 heavy (non-hydrogen) atoms. The van der Waals surface area contributed by atoms with Crippen LogP contribution in [-0.4, -0.2) is 193 Å². The maximum absolute atomic E-state index is 13.5. The van der Waals surface area contributed by atoms with Gasteiger partial charge in [-0.3, -0.25) is 4.79 Å². The first-order valence-corrected chi connectivity index (χ1v) is 48.1. The molecule has 0 spiro atoms. The fourth-order valence-electron chi connectivity index (χ4n) is 15.7. The molecule has 0 aromatic carbocycles. The van der Waals surface area contributed by atoms with E-state index in [1.165, 1.54) is 263 Å². The van der Waals surface area contributed by atoms with Gasteiger partial charge in [-0.1, -0.05) is 386 Å². The number of aliphatic hydroxyl groups excluding tert-OH is 11. The van der Waals surface area contributed by atoms with Crippen molar-refractivity contribution in [3.05, 3.63) is 109 Å². The summed E-state index contributed by atoms with van der Waals surface area (Å²) in [4.78, 5) is 13.5. The normalized spacial score (nSPS) is 24.8. The van der Waals surface area contributed by atoms with Crippen molar-refractivity contribution in [2.24, 2.45) is 0 Å². The molecular weight excluding hydrogens is 1490 g/mol. The quantitative estimate of drug-likeness (QED) is 0.0199. The fraction of sp³-hybridized carbons (Fsp3) is 0.808. The minimum Gasteiger partial charge on any atom is -0.394 e. The van der Waals surface area contributed by atoms with Crippen molar-refractivity contribution >= 4 is 5.91 Å². The predicted molar refractivity (Wildman–Crippen MR) is 480 cm³/mol. The van der Waals surface area contributed by atoms with Crippen LogP contribution >= 0.6 is 0 Å². The van der Waals surface area contributed by atoms with Crippen LogP contribution in [0.4, 0.5) is 0 Å². The molecule has 0 bridgehead atoms. The van der Waals surface area contributed by atoms with E-state index in [4.69, 9.17) is 28.4 Å². The van der Waals surface area contributed by atoms with Crippen LogP contribution in [0.2, 0.25) is 0 Å². The Morgan fingerprint density at radius 3 is 0.949 bits per heavy atom. The number of allylic oxidation sites excluding steroid dienone is 17. The molecule has 3 aliphatic rings. The van der Waals surface area contributed by atoms with Gasteiger partial charge in [0.2, 0.25) is 5.91 Å². The van der Waals surface area contributed by atoms with Crippen molar-refractivity contribution in [2.75, 3.05) is 26.4 Å². The van der Waals surface area contributed by atoms with Gasteiger partial charge in [0.1, 0.15) is 73.2 Å². The molecule has 684 valence electrons. The van der Waals surface area contributed by atoms with Gasteiger partial charge in [0.25, 0.3) is 0 Å². The number of unbranched alkanes of at least 4 members (excludes halogenated alkanes) is 46. The third kappa shape index (κ3) is 54.3. The summed E-state index contributed by atoms with van der Waals surface area (Å²) in [6.07, 6.45) is 82.6. The minimum absolute atomic E-state index is 0.231. The van der Waals surface area contributed by atoms with E-state index in [0.717, 1.165) is 83.5 Å². The average Bonchev–Trinajstić information content (AvgIpc) is 0.777. The highest BCUT2D eigenvalue weighted by molar-refractivity contribution is 5.76. The maximum atomic E-state index is 13.5. The van der Waals surface area contributed by atoms with Crippen molar-refractivity contribution < 1.29 is 89.4 Å². The number of ether oxygens (including phenoxy) is 6. The number of rotatable bonds is 78. The van der Waals surface area contributed by atoms with Crippen molar-refractivity contribution in [1.82, 2.24) is 5.32 Å². The highest BCUT2D eigenvalue weighted by Crippen LogP contribution is 2.34. The first-order chi connectivity index (χ1) is 57.8. The van der Waals surface area contributed by atoms with Crippen LogP contribution in [0.5, 0.6) is 0 Å². The summed E-state index contributed by atoms with van der Waals surface area (Å²) in [6.45, 7) is 1.64. The van der Waals surface area contributed by atoms with Crippen molar-refractivity contribution in [2.45, 2.75) is 484 Å². The van der Waals surface area contributed by atoms with E-state index >= 15 is 0 Å². The molecule has 3 rings (SSSR count). The van der Waals surface area contributed by atoms with Crippen LogP contribution < -0.4 is 5.32 Å². The first-order valence-electron chi connectivity index (χ1n) is 48.1. The molecule has 0 radical (unpaired) electrons. The molecule has 12 N–H and O–H groups in total. The lowest BCUT2D eigenvalue weighted by molar-refractivity contribution is -0.379. The number of amides is 1. The summed E-state index contributed by atoms with van der Waals surface area (Å²) in [6, 6.07) is -1.00. The SMILES string of the molecule is CC/C=C\C/C=C\C/C=C\C/C=C\C/C=C\C/C=C\CCCCCCCCCCCCCCCCCCCCCCCCC(=O)NC(COC1OC(CO)C(OC2OC(CO)C(OC3OC(CO)C(O)C(O)C3O)C(O)C2O)C(O)C1O)C(O)/C=C/CC/C=C/CC/C=C/CCCCCCCCCCCCCCCCCCCCCCCC. The van der Waals surface area contributed by atoms with Gasteiger partial charge in [-0.2, -0.15) is 0 Å². The lowest BCUT2D eigenvalue weighted by Crippen LogP contribution is -2.66. The molecule has 3 fully saturated rings. The van der Waals surface area contributed by atoms with Crippen molar-refractivity contribution in [1.29, 1.82) is 0 Å². The molecular formula is C99H175NO18. The molecule has 0 aromatic heterocycles. The van der Waals surface area contributed by atoms with Gasteiger partial charge < -0.3 is 89.9 Å². The second kappa shape index (κ2) is 77.1. The molecule has 0 aromatic rings. The second-order valence-corrected chi connectivity index (χ2v) is 33.8. The lowest BCUT2D eigenvalue weighted by atomic mass is 9.96. The van der Waals surface area contributed by atoms with E-state index < -0.39 is 124 Å². The van der Waals surface area contributed by atoms with E-state index in [0.29, 0.717) is 12.8 Å². The van der Waals surface area contributed by atoms with E-state index in [-0.39, 0.29) is 18.9 Å². The number of hydrogen-bond donors (Lipinski definition) is 12. The molecule has 0 saturated carbocycles. The van der Waals surface area contributed by atoms with Crippen LogP contribution in [0.3, 0.4) is 0 Å². The Balaban J connectivity index is 1.31. The Hall–Kier alpha value is -3.55. The molecule has 17 atom stereocenters. The molecule has 3 aliphatic heterocycles. The minimum atomic E-state index is -1.99. The predicted octanol–water partition coefficient (Wildman–Crippen LogP) is 19.6. The van der Waals surface area contributed by atoms with Gasteiger partial charge in [0.15, 0.2) is 18.9 Å². The third-order valence-electron chi connectivity index (χ3n) is 23.3. The van der Waals surface area contributed by atoms with Crippen molar-refractivity contribution in [3.8, 4) is 0 Å². The Kier molecular flexibility index (Phi) is 70.9. The van der Waals surface area contributed by atoms with Gasteiger partial charge in [-0.25, -0.2) is 0 Å². The molecule has 3 heterocycles. The highest BCUT2D eigenvalue weighted by atomic mass is 16.8. The Labute approximate surface area is 716 Å². The first kappa shape index (κ1) is 109. The van der Waals surface area contributed by atoms with Gasteiger partial charge in [0, 0.05) is 6.42 Å². The summed E-state index contributed by atoms with van der Waals surface area (Å²) < 4.78 is 34.5. The smallest absolute Gasteiger partial charge is 0.220 e. The standard InChI is InChI=1S/C99H175NO18/c1-3-5-7-9-11-13-15-17-19-21-23-25-27-29-31-33-35-37-38-39-40-41-42-43-44-45-47-49-51-53-55-57-59-61-63-65-67-69-71-73-75-77-87(105)100-82(83(104)76-74-72-70-68-66-64-62-60-58-56-54-52-50-48-46-36-34-32-30-28-26-24-22-20-18-16-14-12-10-8-6-4-2)81-113-97-93(111)90(108)95(85(79-102)115-97)118-99-94(112)91(109)96(86(80-103)116-99)117-98-92(110)89(107)88(106)84(78-101)114-98/h5,7,11,13,17,19,23,25,29,31,35,37,58,60,66,68,74,76,82-86,88-99,101-104,106-112H,3-4,6,8-10,12,14-16,18,20-22,24,26-28,30,32-34,36,38-57,59,61-65,67,69-73,75,77-81H2,1-2H3,(H,100,105)/b7-5-,13-11-,19-17-,25-23-,31-29-,37-35-,60-58+,68-66+,76-74+. The zero-order valence-electron chi connectivity index (χ0n) is 74.1. The van der Waals surface area contributed by atoms with E-state index in [9.17, 15) is 61.0 Å². The molecule has 0 aliphatic carbocycles. The van der Waals surface area contributed by atoms with Crippen LogP contribution in [0.25, 0.3) is 0 Å². The number of aliphatic hydroxyl groups is 11. The number of carbonyl (C=O) groups excluding carboxylic acids is 1. The molecule has 19 heteroatoms. The average molecular weight is 1670 g/mol. The number of hydrogen-bond acceptors (Lipinski definition) is 18. The van der Waals surface area contributed by atoms with Crippen LogP contribution in [0.15, 0.2) is 109 Å². The van der Waals surface area contributed by atoms with Crippen molar-refractivity contribution in [3.63, 3.8) is 0 Å². The Bertz CT molecular complexity index is 2550. The van der Waals surface area contributed by atoms with Gasteiger partial charge in [-0.05, 0) is 96.3 Å². The molecule has 17 unspecified atom stereocenters. The second-order valence-electron chi connectivity index (χ2n) is 33.8. The van der Waals surface area contributed by atoms with E-state index in [1.807, 2.05) is 6.08 Å². The number of nitrogens with one attached hydrogen (secondary N) is 1. The summed E-state index contributed by atoms with van der Waals surface area (Å²) in [5.74, 6) is -0.285. The summed E-state index contributed by atoms with van der Waals surface area (Å²) in [5.41, 5.74) is 0. The highest BCUT2D eigenvalue weighted by Gasteiger charge is 2.54. The third-order valence-corrected chi connectivity index (χ3v) is 23.3. The topological polar surface area (TPSA) is 307 Å². The summed E-state index contributed by atoms with van der Waals surface area (Å²) >= 11 is 0. The van der Waals surface area contributed by atoms with Gasteiger partial charge in [-0.15, -0.1) is 0 Å². The Morgan fingerprint density at radius 2 is 0.593 bits per heavy atom. The molecule has 19 nitrogen and oxygen atoms in total. The monoisotopic (exact) mass is 1670 g/mol. The molecule has 1 amide bonds. The fourth-order valence-corrected chi connectivity index (χ4v) is 15.7. The van der Waals surface area contributed by atoms with Crippen LogP contribution in [-0.2, 0) is 33.2 Å². The van der Waals surface area contributed by atoms with Crippen LogP contribution in [0.1, 0.15) is 380 Å². The zero-order chi connectivity index (χ0) is 85.2. The zero-order valence-corrected chi connectivity index (χ0v) is 74.1. The summed E-state index contributed by atoms with van der Waals surface area (Å²) in [7, 11) is 0. The van der Waals surface area contributed by atoms with Crippen LogP contribution in [0, 0.1) is 0 Å². The van der Waals surface area contributed by atoms with E-state index in [2.05, 4.69) is 116 Å². The van der Waals surface area contributed by atoms with Gasteiger partial charge >= 0.3 is 0 Å². The van der Waals surface area contributed by atoms with Gasteiger partial charge in [0.05, 0.1) is 38.6 Å².